The molecule has 1 atom stereocenters. The van der Waals surface area contributed by atoms with E-state index >= 15 is 0 Å². The van der Waals surface area contributed by atoms with E-state index in [1.807, 2.05) is 30.3 Å². The van der Waals surface area contributed by atoms with E-state index in [1.165, 1.54) is 11.3 Å². The largest absolute Gasteiger partial charge is 0.497 e. The van der Waals surface area contributed by atoms with Crippen molar-refractivity contribution in [2.45, 2.75) is 12.6 Å². The minimum atomic E-state index is -0.578. The van der Waals surface area contributed by atoms with Crippen molar-refractivity contribution in [2.24, 2.45) is 0 Å². The molecule has 0 spiro atoms. The average Bonchev–Trinajstić information content (AvgIpc) is 2.84. The summed E-state index contributed by atoms with van der Waals surface area (Å²) >= 11 is 10.9. The Morgan fingerprint density at radius 3 is 2.80 bits per heavy atom. The van der Waals surface area contributed by atoms with Crippen LogP contribution in [0.3, 0.4) is 0 Å². The lowest BCUT2D eigenvalue weighted by molar-refractivity contribution is 0.173. The molecule has 0 radical (unpaired) electrons. The molecule has 0 aliphatic carbocycles. The summed E-state index contributed by atoms with van der Waals surface area (Å²) in [4.78, 5) is 1.15. The molecule has 1 aromatic carbocycles. The van der Waals surface area contributed by atoms with Gasteiger partial charge in [0.1, 0.15) is 5.75 Å². The van der Waals surface area contributed by atoms with E-state index in [1.54, 1.807) is 7.11 Å². The number of rotatable bonds is 6. The Morgan fingerprint density at radius 2 is 2.20 bits per heavy atom. The SMILES string of the molecule is COc1ccc(C(O)CNCc2ccc(Cl)s2)c(Br)c1. The van der Waals surface area contributed by atoms with Gasteiger partial charge in [-0.15, -0.1) is 11.3 Å². The highest BCUT2D eigenvalue weighted by Crippen LogP contribution is 2.27. The summed E-state index contributed by atoms with van der Waals surface area (Å²) in [5, 5.41) is 13.4. The number of ether oxygens (including phenoxy) is 1. The second-order valence-electron chi connectivity index (χ2n) is 4.24. The monoisotopic (exact) mass is 375 g/mol. The Labute approximate surface area is 135 Å². The number of benzene rings is 1. The van der Waals surface area contributed by atoms with E-state index < -0.39 is 6.10 Å². The van der Waals surface area contributed by atoms with Crippen molar-refractivity contribution in [2.75, 3.05) is 13.7 Å². The molecule has 0 saturated heterocycles. The van der Waals surface area contributed by atoms with Gasteiger partial charge in [-0.05, 0) is 29.8 Å². The molecule has 20 heavy (non-hydrogen) atoms. The molecule has 2 aromatic rings. The first kappa shape index (κ1) is 15.8. The third kappa shape index (κ3) is 4.20. The molecule has 1 unspecified atom stereocenters. The van der Waals surface area contributed by atoms with Gasteiger partial charge < -0.3 is 15.2 Å². The highest BCUT2D eigenvalue weighted by atomic mass is 79.9. The second kappa shape index (κ2) is 7.43. The van der Waals surface area contributed by atoms with Crippen molar-refractivity contribution in [3.05, 3.63) is 49.6 Å². The standard InChI is InChI=1S/C14H15BrClNO2S/c1-19-9-2-4-11(12(15)6-9)13(18)8-17-7-10-3-5-14(16)20-10/h2-6,13,17-18H,7-8H2,1H3. The van der Waals surface area contributed by atoms with Crippen molar-refractivity contribution in [1.29, 1.82) is 0 Å². The number of hydrogen-bond donors (Lipinski definition) is 2. The van der Waals surface area contributed by atoms with Crippen LogP contribution in [0.4, 0.5) is 0 Å². The normalized spacial score (nSPS) is 12.4. The molecule has 1 heterocycles. The van der Waals surface area contributed by atoms with Gasteiger partial charge in [-0.2, -0.15) is 0 Å². The molecule has 2 N–H and O–H groups in total. The molecule has 0 bridgehead atoms. The topological polar surface area (TPSA) is 41.5 Å². The fraction of sp³-hybridized carbons (Fsp3) is 0.286. The number of nitrogens with one attached hydrogen (secondary N) is 1. The number of hydrogen-bond acceptors (Lipinski definition) is 4. The van der Waals surface area contributed by atoms with Crippen LogP contribution in [-0.4, -0.2) is 18.8 Å². The van der Waals surface area contributed by atoms with Crippen molar-refractivity contribution in [3.63, 3.8) is 0 Å². The first-order chi connectivity index (χ1) is 9.60. The van der Waals surface area contributed by atoms with Gasteiger partial charge in [0, 0.05) is 22.4 Å². The molecule has 0 aliphatic heterocycles. The first-order valence-corrected chi connectivity index (χ1v) is 8.05. The number of thiophene rings is 1. The molecular weight excluding hydrogens is 362 g/mol. The van der Waals surface area contributed by atoms with Gasteiger partial charge in [0.25, 0.3) is 0 Å². The third-order valence-corrected chi connectivity index (χ3v) is 4.75. The molecule has 6 heteroatoms. The van der Waals surface area contributed by atoms with Crippen LogP contribution in [0.15, 0.2) is 34.8 Å². The number of halogens is 2. The minimum Gasteiger partial charge on any atom is -0.497 e. The van der Waals surface area contributed by atoms with Crippen LogP contribution in [0, 0.1) is 0 Å². The molecule has 0 amide bonds. The Morgan fingerprint density at radius 1 is 1.40 bits per heavy atom. The van der Waals surface area contributed by atoms with Crippen molar-refractivity contribution in [3.8, 4) is 5.75 Å². The van der Waals surface area contributed by atoms with Crippen molar-refractivity contribution < 1.29 is 9.84 Å². The lowest BCUT2D eigenvalue weighted by Gasteiger charge is -2.14. The minimum absolute atomic E-state index is 0.473. The van der Waals surface area contributed by atoms with Crippen LogP contribution in [0.25, 0.3) is 0 Å². The quantitative estimate of drug-likeness (QED) is 0.801. The molecule has 2 rings (SSSR count). The zero-order valence-electron chi connectivity index (χ0n) is 10.9. The highest BCUT2D eigenvalue weighted by molar-refractivity contribution is 9.10. The molecule has 3 nitrogen and oxygen atoms in total. The van der Waals surface area contributed by atoms with Gasteiger partial charge in [0.15, 0.2) is 0 Å². The zero-order valence-corrected chi connectivity index (χ0v) is 14.1. The second-order valence-corrected chi connectivity index (χ2v) is 6.89. The molecule has 1 aromatic heterocycles. The van der Waals surface area contributed by atoms with Gasteiger partial charge >= 0.3 is 0 Å². The van der Waals surface area contributed by atoms with Gasteiger partial charge in [-0.3, -0.25) is 0 Å². The number of methoxy groups -OCH3 is 1. The summed E-state index contributed by atoms with van der Waals surface area (Å²) < 4.78 is 6.75. The van der Waals surface area contributed by atoms with E-state index in [2.05, 4.69) is 21.2 Å². The smallest absolute Gasteiger partial charge is 0.120 e. The Balaban J connectivity index is 1.89. The average molecular weight is 377 g/mol. The van der Waals surface area contributed by atoms with E-state index in [0.29, 0.717) is 13.1 Å². The van der Waals surface area contributed by atoms with Gasteiger partial charge in [0.05, 0.1) is 17.6 Å². The summed E-state index contributed by atoms with van der Waals surface area (Å²) in [6, 6.07) is 9.40. The van der Waals surface area contributed by atoms with Gasteiger partial charge in [-0.1, -0.05) is 33.6 Å². The van der Waals surface area contributed by atoms with Crippen LogP contribution in [0.1, 0.15) is 16.5 Å². The summed E-state index contributed by atoms with van der Waals surface area (Å²) in [7, 11) is 1.62. The van der Waals surface area contributed by atoms with E-state index in [9.17, 15) is 5.11 Å². The summed E-state index contributed by atoms with van der Waals surface area (Å²) in [5.74, 6) is 0.758. The maximum absolute atomic E-state index is 10.2. The number of aliphatic hydroxyl groups is 1. The first-order valence-electron chi connectivity index (χ1n) is 6.06. The highest BCUT2D eigenvalue weighted by Gasteiger charge is 2.12. The van der Waals surface area contributed by atoms with Crippen LogP contribution < -0.4 is 10.1 Å². The van der Waals surface area contributed by atoms with Crippen molar-refractivity contribution >= 4 is 38.9 Å². The van der Waals surface area contributed by atoms with Gasteiger partial charge in [0.2, 0.25) is 0 Å². The maximum Gasteiger partial charge on any atom is 0.120 e. The van der Waals surface area contributed by atoms with Gasteiger partial charge in [-0.25, -0.2) is 0 Å². The molecule has 0 fully saturated rings. The van der Waals surface area contributed by atoms with E-state index in [-0.39, 0.29) is 0 Å². The Bertz CT molecular complexity index is 576. The zero-order chi connectivity index (χ0) is 14.5. The number of aliphatic hydroxyl groups excluding tert-OH is 1. The maximum atomic E-state index is 10.2. The molecule has 0 aliphatic rings. The summed E-state index contributed by atoms with van der Waals surface area (Å²) in [6.45, 7) is 1.17. The Hall–Kier alpha value is -0.590. The van der Waals surface area contributed by atoms with Crippen LogP contribution in [-0.2, 0) is 6.54 Å². The van der Waals surface area contributed by atoms with E-state index in [0.717, 1.165) is 25.0 Å². The molecular formula is C14H15BrClNO2S. The summed E-state index contributed by atoms with van der Waals surface area (Å²) in [6.07, 6.45) is -0.578. The fourth-order valence-electron chi connectivity index (χ4n) is 1.79. The fourth-order valence-corrected chi connectivity index (χ4v) is 3.47. The third-order valence-electron chi connectivity index (χ3n) is 2.83. The van der Waals surface area contributed by atoms with Crippen molar-refractivity contribution in [1.82, 2.24) is 5.32 Å². The van der Waals surface area contributed by atoms with Crippen LogP contribution in [0.5, 0.6) is 5.75 Å². The lowest BCUT2D eigenvalue weighted by atomic mass is 10.1. The van der Waals surface area contributed by atoms with Crippen LogP contribution >= 0.6 is 38.9 Å². The predicted molar refractivity (Wildman–Crippen MR) is 86.7 cm³/mol. The molecule has 0 saturated carbocycles. The lowest BCUT2D eigenvalue weighted by Crippen LogP contribution is -2.20. The van der Waals surface area contributed by atoms with E-state index in [4.69, 9.17) is 16.3 Å². The van der Waals surface area contributed by atoms with Crippen LogP contribution in [0.2, 0.25) is 4.34 Å². The Kier molecular flexibility index (Phi) is 5.86. The predicted octanol–water partition coefficient (Wildman–Crippen LogP) is 4.00. The molecule has 108 valence electrons. The summed E-state index contributed by atoms with van der Waals surface area (Å²) in [5.41, 5.74) is 0.836.